The van der Waals surface area contributed by atoms with Crippen molar-refractivity contribution in [2.45, 2.75) is 25.7 Å². The quantitative estimate of drug-likeness (QED) is 0.615. The third-order valence-corrected chi connectivity index (χ3v) is 4.29. The first kappa shape index (κ1) is 19.4. The van der Waals surface area contributed by atoms with Crippen LogP contribution in [0.3, 0.4) is 0 Å². The lowest BCUT2D eigenvalue weighted by molar-refractivity contribution is -0.394. The topological polar surface area (TPSA) is 135 Å². The summed E-state index contributed by atoms with van der Waals surface area (Å²) in [7, 11) is 0. The lowest BCUT2D eigenvalue weighted by Gasteiger charge is -2.27. The highest BCUT2D eigenvalue weighted by Crippen LogP contribution is 2.29. The molecule has 1 aromatic carbocycles. The molecule has 3 rings (SSSR count). The molecular weight excluding hydrogens is 387 g/mol. The van der Waals surface area contributed by atoms with E-state index in [1.165, 1.54) is 6.07 Å². The van der Waals surface area contributed by atoms with Gasteiger partial charge in [-0.25, -0.2) is 4.98 Å². The highest BCUT2D eigenvalue weighted by Gasteiger charge is 2.36. The van der Waals surface area contributed by atoms with E-state index in [0.29, 0.717) is 0 Å². The number of hydrogen-bond donors (Lipinski definition) is 1. The fourth-order valence-electron chi connectivity index (χ4n) is 2.97. The van der Waals surface area contributed by atoms with Crippen molar-refractivity contribution in [3.63, 3.8) is 0 Å². The molecule has 0 fully saturated rings. The summed E-state index contributed by atoms with van der Waals surface area (Å²) in [6.45, 7) is 0.108. The number of halogens is 3. The Balaban J connectivity index is 1.89. The van der Waals surface area contributed by atoms with Gasteiger partial charge in [-0.1, -0.05) is 0 Å². The van der Waals surface area contributed by atoms with Crippen LogP contribution in [0.4, 0.5) is 24.5 Å². The largest absolute Gasteiger partial charge is 0.449 e. The number of benzene rings is 1. The number of aromatic amines is 1. The van der Waals surface area contributed by atoms with Gasteiger partial charge in [0.15, 0.2) is 0 Å². The van der Waals surface area contributed by atoms with Crippen LogP contribution in [0.2, 0.25) is 0 Å². The van der Waals surface area contributed by atoms with E-state index < -0.39 is 38.8 Å². The molecule has 1 N–H and O–H groups in total. The molecule has 0 radical (unpaired) electrons. The Kier molecular flexibility index (Phi) is 4.85. The van der Waals surface area contributed by atoms with Gasteiger partial charge >= 0.3 is 6.18 Å². The number of fused-ring (bicyclic) bond motifs is 1. The maximum atomic E-state index is 12.9. The summed E-state index contributed by atoms with van der Waals surface area (Å²) in [6, 6.07) is 3.18. The minimum Gasteiger partial charge on any atom is -0.303 e. The fourth-order valence-corrected chi connectivity index (χ4v) is 2.97. The van der Waals surface area contributed by atoms with Gasteiger partial charge in [0.25, 0.3) is 16.9 Å². The van der Waals surface area contributed by atoms with Crippen molar-refractivity contribution < 1.29 is 23.0 Å². The number of aromatic nitrogens is 2. The molecule has 10 nitrogen and oxygen atoms in total. The van der Waals surface area contributed by atoms with Crippen molar-refractivity contribution in [2.75, 3.05) is 6.54 Å². The minimum absolute atomic E-state index is 0.0381. The highest BCUT2D eigenvalue weighted by atomic mass is 19.4. The molecule has 0 bridgehead atoms. The molecule has 148 valence electrons. The van der Waals surface area contributed by atoms with Crippen LogP contribution in [-0.4, -0.2) is 31.3 Å². The number of alkyl halides is 3. The van der Waals surface area contributed by atoms with Gasteiger partial charge in [-0.3, -0.25) is 29.9 Å². The molecule has 0 atom stereocenters. The average molecular weight is 399 g/mol. The zero-order valence-corrected chi connectivity index (χ0v) is 14.0. The Morgan fingerprint density at radius 3 is 2.54 bits per heavy atom. The Labute approximate surface area is 153 Å². The number of nitrogens with zero attached hydrogens (tertiary/aromatic N) is 4. The van der Waals surface area contributed by atoms with E-state index >= 15 is 0 Å². The molecule has 0 aliphatic carbocycles. The Hall–Kier alpha value is -3.35. The third kappa shape index (κ3) is 3.83. The molecule has 0 unspecified atom stereocenters. The van der Waals surface area contributed by atoms with E-state index in [9.17, 15) is 38.2 Å². The van der Waals surface area contributed by atoms with Crippen LogP contribution < -0.4 is 5.56 Å². The Morgan fingerprint density at radius 2 is 1.93 bits per heavy atom. The number of H-pyrrole nitrogens is 1. The van der Waals surface area contributed by atoms with Crippen LogP contribution in [0.15, 0.2) is 23.0 Å². The number of nitrogens with one attached hydrogen (secondary N) is 1. The molecule has 28 heavy (non-hydrogen) atoms. The van der Waals surface area contributed by atoms with Gasteiger partial charge in [-0.05, 0) is 12.5 Å². The maximum absolute atomic E-state index is 12.9. The first-order valence-corrected chi connectivity index (χ1v) is 7.89. The van der Waals surface area contributed by atoms with Crippen molar-refractivity contribution in [3.05, 3.63) is 71.4 Å². The molecular formula is C15H12F3N5O5. The minimum atomic E-state index is -4.81. The van der Waals surface area contributed by atoms with Crippen LogP contribution in [0, 0.1) is 20.2 Å². The van der Waals surface area contributed by atoms with Gasteiger partial charge < -0.3 is 4.98 Å². The summed E-state index contributed by atoms with van der Waals surface area (Å²) < 4.78 is 38.6. The number of non-ortho nitro benzene ring substituents is 1. The third-order valence-electron chi connectivity index (χ3n) is 4.29. The standard InChI is InChI=1S/C15H12F3N5O5/c16-15(17,18)14-19-11-7-21(4-3-10(11)13(24)20-14)6-8-1-2-9(22(25)26)5-12(8)23(27)28/h1-2,5H,3-4,6-7H2,(H,19,20,24). The summed E-state index contributed by atoms with van der Waals surface area (Å²) in [5, 5.41) is 22.0. The lowest BCUT2D eigenvalue weighted by atomic mass is 10.0. The van der Waals surface area contributed by atoms with Crippen molar-refractivity contribution in [3.8, 4) is 0 Å². The molecule has 1 aliphatic rings. The molecule has 2 heterocycles. The summed E-state index contributed by atoms with van der Waals surface area (Å²) in [6.07, 6.45) is -4.69. The summed E-state index contributed by atoms with van der Waals surface area (Å²) in [5.41, 5.74) is -1.51. The highest BCUT2D eigenvalue weighted by molar-refractivity contribution is 5.49. The van der Waals surface area contributed by atoms with Crippen molar-refractivity contribution in [1.29, 1.82) is 0 Å². The van der Waals surface area contributed by atoms with Gasteiger partial charge in [0.1, 0.15) is 0 Å². The molecule has 1 aromatic heterocycles. The predicted octanol–water partition coefficient (Wildman–Crippen LogP) is 2.16. The first-order valence-electron chi connectivity index (χ1n) is 7.89. The zero-order chi connectivity index (χ0) is 20.6. The van der Waals surface area contributed by atoms with Gasteiger partial charge in [-0.15, -0.1) is 0 Å². The van der Waals surface area contributed by atoms with Crippen molar-refractivity contribution in [2.24, 2.45) is 0 Å². The SMILES string of the molecule is O=c1[nH]c(C(F)(F)F)nc2c1CCN(Cc1ccc([N+](=O)[O-])cc1[N+](=O)[O-])C2. The van der Waals surface area contributed by atoms with Gasteiger partial charge in [0.2, 0.25) is 5.82 Å². The molecule has 0 amide bonds. The molecule has 13 heteroatoms. The number of nitro groups is 2. The van der Waals surface area contributed by atoms with Crippen LogP contribution in [-0.2, 0) is 25.7 Å². The van der Waals surface area contributed by atoms with Crippen LogP contribution >= 0.6 is 0 Å². The fraction of sp³-hybridized carbons (Fsp3) is 0.333. The lowest BCUT2D eigenvalue weighted by Crippen LogP contribution is -2.36. The van der Waals surface area contributed by atoms with E-state index in [1.807, 2.05) is 0 Å². The Morgan fingerprint density at radius 1 is 1.21 bits per heavy atom. The summed E-state index contributed by atoms with van der Waals surface area (Å²) >= 11 is 0. The normalized spacial score (nSPS) is 14.5. The van der Waals surface area contributed by atoms with Crippen molar-refractivity contribution in [1.82, 2.24) is 14.9 Å². The number of rotatable bonds is 4. The summed E-state index contributed by atoms with van der Waals surface area (Å²) in [4.78, 5) is 39.2. The van der Waals surface area contributed by atoms with Crippen LogP contribution in [0.5, 0.6) is 0 Å². The van der Waals surface area contributed by atoms with Gasteiger partial charge in [0.05, 0.1) is 21.6 Å². The van der Waals surface area contributed by atoms with E-state index in [1.54, 1.807) is 9.88 Å². The number of hydrogen-bond acceptors (Lipinski definition) is 7. The monoisotopic (exact) mass is 399 g/mol. The smallest absolute Gasteiger partial charge is 0.303 e. The molecule has 0 spiro atoms. The Bertz CT molecular complexity index is 1020. The second-order valence-electron chi connectivity index (χ2n) is 6.13. The molecule has 0 saturated heterocycles. The van der Waals surface area contributed by atoms with E-state index in [0.717, 1.165) is 12.1 Å². The van der Waals surface area contributed by atoms with Crippen molar-refractivity contribution >= 4 is 11.4 Å². The second kappa shape index (κ2) is 6.99. The molecule has 0 saturated carbocycles. The average Bonchev–Trinajstić information content (AvgIpc) is 2.60. The van der Waals surface area contributed by atoms with E-state index in [4.69, 9.17) is 0 Å². The first-order chi connectivity index (χ1) is 13.1. The predicted molar refractivity (Wildman–Crippen MR) is 87.4 cm³/mol. The van der Waals surface area contributed by atoms with Crippen LogP contribution in [0.25, 0.3) is 0 Å². The second-order valence-corrected chi connectivity index (χ2v) is 6.13. The zero-order valence-electron chi connectivity index (χ0n) is 14.0. The molecule has 1 aliphatic heterocycles. The maximum Gasteiger partial charge on any atom is 0.449 e. The van der Waals surface area contributed by atoms with Gasteiger partial charge in [-0.2, -0.15) is 13.2 Å². The summed E-state index contributed by atoms with van der Waals surface area (Å²) in [5.74, 6) is -1.40. The number of nitro benzene ring substituents is 2. The van der Waals surface area contributed by atoms with E-state index in [-0.39, 0.29) is 42.9 Å². The molecule has 2 aromatic rings. The van der Waals surface area contributed by atoms with E-state index in [2.05, 4.69) is 4.98 Å². The van der Waals surface area contributed by atoms with Crippen LogP contribution in [0.1, 0.15) is 22.6 Å². The van der Waals surface area contributed by atoms with Gasteiger partial charge in [0, 0.05) is 36.8 Å².